The van der Waals surface area contributed by atoms with Crippen molar-refractivity contribution in [1.29, 1.82) is 0 Å². The zero-order valence-electron chi connectivity index (χ0n) is 20.8. The van der Waals surface area contributed by atoms with Crippen LogP contribution in [0.1, 0.15) is 31.2 Å². The van der Waals surface area contributed by atoms with Crippen LogP contribution in [0, 0.1) is 5.41 Å². The zero-order valence-corrected chi connectivity index (χ0v) is 22.4. The number of aryl methyl sites for hydroxylation is 1. The Morgan fingerprint density at radius 1 is 1.14 bits per heavy atom. The maximum atomic E-state index is 12.4. The van der Waals surface area contributed by atoms with Gasteiger partial charge in [0.1, 0.15) is 11.5 Å². The van der Waals surface area contributed by atoms with E-state index in [1.807, 2.05) is 36.4 Å². The number of fused-ring (bicyclic) bond motifs is 1. The summed E-state index contributed by atoms with van der Waals surface area (Å²) < 4.78 is 10.7. The third kappa shape index (κ3) is 6.25. The number of carboxylic acids is 1. The van der Waals surface area contributed by atoms with E-state index >= 15 is 0 Å². The van der Waals surface area contributed by atoms with E-state index in [2.05, 4.69) is 16.0 Å². The van der Waals surface area contributed by atoms with E-state index in [-0.39, 0.29) is 0 Å². The van der Waals surface area contributed by atoms with E-state index in [1.54, 1.807) is 32.2 Å². The molecule has 0 radical (unpaired) electrons. The minimum atomic E-state index is -0.680. The number of nitrogens with zero attached hydrogens (tertiary/aromatic N) is 2. The number of hydrogen-bond donors (Lipinski definition) is 1. The van der Waals surface area contributed by atoms with Crippen LogP contribution in [0.5, 0.6) is 11.5 Å². The molecule has 8 heteroatoms. The number of benzene rings is 2. The largest absolute Gasteiger partial charge is 0.497 e. The van der Waals surface area contributed by atoms with Crippen LogP contribution >= 0.6 is 23.4 Å². The molecule has 1 N–H and O–H groups in total. The number of rotatable bonds is 11. The number of likely N-dealkylation sites (tertiary alicyclic amines) is 1. The standard InChI is InChI=1S/C28H33ClN2O4S/c1-34-20-5-3-6-22(17-20)36-16-15-31-13-11-28(12-14-31,27(32)33)10-4-7-23-24-18-21(35-2)8-9-26(24)30-19-25(23)29/h3,5-6,8-9,17-19H,4,7,10-16H2,1-2H3,(H,32,33). The molecule has 1 aliphatic rings. The summed E-state index contributed by atoms with van der Waals surface area (Å²) in [7, 11) is 3.32. The van der Waals surface area contributed by atoms with Crippen LogP contribution in [-0.2, 0) is 11.2 Å². The van der Waals surface area contributed by atoms with Crippen molar-refractivity contribution in [3.05, 3.63) is 59.2 Å². The fourth-order valence-electron chi connectivity index (χ4n) is 4.95. The molecule has 3 aromatic rings. The van der Waals surface area contributed by atoms with Gasteiger partial charge in [-0.05, 0) is 87.2 Å². The molecule has 1 fully saturated rings. The van der Waals surface area contributed by atoms with Crippen molar-refractivity contribution in [2.75, 3.05) is 39.6 Å². The van der Waals surface area contributed by atoms with E-state index in [0.29, 0.717) is 30.7 Å². The normalized spacial score (nSPS) is 15.6. The average Bonchev–Trinajstić information content (AvgIpc) is 2.90. The average molecular weight is 529 g/mol. The Labute approximate surface area is 221 Å². The first-order valence-corrected chi connectivity index (χ1v) is 13.6. The van der Waals surface area contributed by atoms with E-state index in [1.165, 1.54) is 4.90 Å². The SMILES string of the molecule is COc1cccc(SCCN2CCC(CCCc3c(Cl)cnc4ccc(OC)cc34)(C(=O)O)CC2)c1. The first-order valence-electron chi connectivity index (χ1n) is 12.3. The number of halogens is 1. The monoisotopic (exact) mass is 528 g/mol. The number of piperidine rings is 1. The molecule has 0 unspecified atom stereocenters. The zero-order chi connectivity index (χ0) is 25.5. The molecule has 0 atom stereocenters. The van der Waals surface area contributed by atoms with Crippen LogP contribution in [0.3, 0.4) is 0 Å². The van der Waals surface area contributed by atoms with Crippen molar-refractivity contribution in [2.24, 2.45) is 5.41 Å². The summed E-state index contributed by atoms with van der Waals surface area (Å²) in [6.45, 7) is 2.56. The smallest absolute Gasteiger partial charge is 0.309 e. The Balaban J connectivity index is 1.32. The Hall–Kier alpha value is -2.48. The number of pyridine rings is 1. The Morgan fingerprint density at radius 2 is 1.89 bits per heavy atom. The summed E-state index contributed by atoms with van der Waals surface area (Å²) in [6.07, 6.45) is 5.13. The van der Waals surface area contributed by atoms with Gasteiger partial charge in [0.15, 0.2) is 0 Å². The predicted molar refractivity (Wildman–Crippen MR) is 146 cm³/mol. The van der Waals surface area contributed by atoms with E-state index < -0.39 is 11.4 Å². The molecule has 0 aliphatic carbocycles. The molecular weight excluding hydrogens is 496 g/mol. The highest BCUT2D eigenvalue weighted by Crippen LogP contribution is 2.38. The molecule has 192 valence electrons. The van der Waals surface area contributed by atoms with Crippen molar-refractivity contribution in [3.8, 4) is 11.5 Å². The van der Waals surface area contributed by atoms with Gasteiger partial charge < -0.3 is 19.5 Å². The van der Waals surface area contributed by atoms with Crippen molar-refractivity contribution in [3.63, 3.8) is 0 Å². The molecule has 1 aromatic heterocycles. The first-order chi connectivity index (χ1) is 17.4. The molecule has 1 aliphatic heterocycles. The number of thioether (sulfide) groups is 1. The second kappa shape index (κ2) is 12.2. The molecular formula is C28H33ClN2O4S. The lowest BCUT2D eigenvalue weighted by molar-refractivity contribution is -0.152. The third-order valence-electron chi connectivity index (χ3n) is 7.20. The fraction of sp³-hybridized carbons (Fsp3) is 0.429. The van der Waals surface area contributed by atoms with Gasteiger partial charge in [-0.1, -0.05) is 17.7 Å². The van der Waals surface area contributed by atoms with E-state index in [9.17, 15) is 9.90 Å². The Kier molecular flexibility index (Phi) is 8.99. The summed E-state index contributed by atoms with van der Waals surface area (Å²) in [5.74, 6) is 1.90. The van der Waals surface area contributed by atoms with Gasteiger partial charge in [0, 0.05) is 28.8 Å². The fourth-order valence-corrected chi connectivity index (χ4v) is 6.15. The lowest BCUT2D eigenvalue weighted by Crippen LogP contribution is -2.45. The van der Waals surface area contributed by atoms with Crippen LogP contribution in [-0.4, -0.2) is 60.6 Å². The van der Waals surface area contributed by atoms with Crippen LogP contribution in [0.25, 0.3) is 10.9 Å². The molecule has 4 rings (SSSR count). The summed E-state index contributed by atoms with van der Waals surface area (Å²) in [5.41, 5.74) is 1.19. The second-order valence-corrected chi connectivity index (χ2v) is 10.9. The number of aliphatic carboxylic acids is 1. The van der Waals surface area contributed by atoms with Gasteiger partial charge in [-0.3, -0.25) is 9.78 Å². The topological polar surface area (TPSA) is 71.9 Å². The van der Waals surface area contributed by atoms with Crippen LogP contribution in [0.15, 0.2) is 53.6 Å². The van der Waals surface area contributed by atoms with Gasteiger partial charge in [-0.25, -0.2) is 0 Å². The van der Waals surface area contributed by atoms with Crippen LogP contribution < -0.4 is 9.47 Å². The lowest BCUT2D eigenvalue weighted by atomic mass is 9.74. The van der Waals surface area contributed by atoms with Gasteiger partial charge in [-0.2, -0.15) is 0 Å². The minimum Gasteiger partial charge on any atom is -0.497 e. The number of ether oxygens (including phenoxy) is 2. The summed E-state index contributed by atoms with van der Waals surface area (Å²) in [4.78, 5) is 20.4. The molecule has 0 amide bonds. The molecule has 36 heavy (non-hydrogen) atoms. The molecule has 6 nitrogen and oxygen atoms in total. The van der Waals surface area contributed by atoms with Crippen molar-refractivity contribution in [1.82, 2.24) is 9.88 Å². The van der Waals surface area contributed by atoms with Gasteiger partial charge in [0.2, 0.25) is 0 Å². The van der Waals surface area contributed by atoms with Crippen LogP contribution in [0.2, 0.25) is 5.02 Å². The highest BCUT2D eigenvalue weighted by Gasteiger charge is 2.40. The number of carbonyl (C=O) groups is 1. The summed E-state index contributed by atoms with van der Waals surface area (Å²) >= 11 is 8.31. The predicted octanol–water partition coefficient (Wildman–Crippen LogP) is 6.19. The highest BCUT2D eigenvalue weighted by molar-refractivity contribution is 7.99. The van der Waals surface area contributed by atoms with Gasteiger partial charge in [0.05, 0.1) is 30.2 Å². The van der Waals surface area contributed by atoms with Gasteiger partial charge in [0.25, 0.3) is 0 Å². The third-order valence-corrected chi connectivity index (χ3v) is 8.50. The molecule has 2 heterocycles. The van der Waals surface area contributed by atoms with Crippen molar-refractivity contribution >= 4 is 40.2 Å². The number of hydrogen-bond acceptors (Lipinski definition) is 6. The van der Waals surface area contributed by atoms with Gasteiger partial charge in [-0.15, -0.1) is 11.8 Å². The lowest BCUT2D eigenvalue weighted by Gasteiger charge is -2.39. The van der Waals surface area contributed by atoms with E-state index in [0.717, 1.165) is 59.8 Å². The Bertz CT molecular complexity index is 1200. The van der Waals surface area contributed by atoms with Crippen molar-refractivity contribution < 1.29 is 19.4 Å². The molecule has 0 spiro atoms. The molecule has 0 saturated carbocycles. The highest BCUT2D eigenvalue weighted by atomic mass is 35.5. The number of aromatic nitrogens is 1. The quantitative estimate of drug-likeness (QED) is 0.297. The van der Waals surface area contributed by atoms with Gasteiger partial charge >= 0.3 is 5.97 Å². The minimum absolute atomic E-state index is 0.614. The Morgan fingerprint density at radius 3 is 2.61 bits per heavy atom. The number of carboxylic acid groups (broad SMARTS) is 1. The first kappa shape index (κ1) is 26.6. The second-order valence-electron chi connectivity index (χ2n) is 9.28. The molecule has 1 saturated heterocycles. The maximum absolute atomic E-state index is 12.4. The number of methoxy groups -OCH3 is 2. The molecule has 0 bridgehead atoms. The molecule has 2 aromatic carbocycles. The summed E-state index contributed by atoms with van der Waals surface area (Å²) in [5, 5.41) is 11.7. The maximum Gasteiger partial charge on any atom is 0.309 e. The van der Waals surface area contributed by atoms with E-state index in [4.69, 9.17) is 21.1 Å². The van der Waals surface area contributed by atoms with Crippen LogP contribution in [0.4, 0.5) is 0 Å². The van der Waals surface area contributed by atoms with Crippen molar-refractivity contribution in [2.45, 2.75) is 37.0 Å². The summed E-state index contributed by atoms with van der Waals surface area (Å²) in [6, 6.07) is 13.9.